The molecular weight excluding hydrogens is 487 g/mol. The lowest BCUT2D eigenvalue weighted by Crippen LogP contribution is -2.52. The highest BCUT2D eigenvalue weighted by Crippen LogP contribution is 2.27. The molecule has 0 fully saturated rings. The monoisotopic (exact) mass is 522 g/mol. The van der Waals surface area contributed by atoms with Crippen molar-refractivity contribution in [2.24, 2.45) is 5.92 Å². The summed E-state index contributed by atoms with van der Waals surface area (Å²) in [5, 5.41) is 2.94. The zero-order valence-electron chi connectivity index (χ0n) is 22.3. The van der Waals surface area contributed by atoms with Crippen molar-refractivity contribution in [3.05, 3.63) is 89.7 Å². The van der Waals surface area contributed by atoms with Crippen LogP contribution in [0.25, 0.3) is 0 Å². The number of ether oxygens (including phenoxy) is 3. The average Bonchev–Trinajstić information content (AvgIpc) is 2.93. The number of rotatable bonds is 13. The number of carbonyl (C=O) groups excluding carboxylic acids is 2. The van der Waals surface area contributed by atoms with Crippen LogP contribution in [-0.4, -0.2) is 50.1 Å². The lowest BCUT2D eigenvalue weighted by atomic mass is 10.0. The number of hydrogen-bond donors (Lipinski definition) is 1. The van der Waals surface area contributed by atoms with Crippen LogP contribution in [0, 0.1) is 11.7 Å². The van der Waals surface area contributed by atoms with E-state index in [0.717, 1.165) is 5.56 Å². The number of amides is 2. The third-order valence-corrected chi connectivity index (χ3v) is 5.94. The Morgan fingerprint density at radius 1 is 0.895 bits per heavy atom. The minimum absolute atomic E-state index is 0.0943. The summed E-state index contributed by atoms with van der Waals surface area (Å²) in [5.74, 6) is 0.369. The molecule has 8 heteroatoms. The van der Waals surface area contributed by atoms with Crippen molar-refractivity contribution in [2.75, 3.05) is 27.4 Å². The molecule has 1 unspecified atom stereocenters. The van der Waals surface area contributed by atoms with E-state index in [1.54, 1.807) is 36.4 Å². The van der Waals surface area contributed by atoms with Gasteiger partial charge in [-0.05, 0) is 17.5 Å². The molecule has 0 aromatic heterocycles. The Kier molecular flexibility index (Phi) is 10.5. The zero-order chi connectivity index (χ0) is 27.5. The Balaban J connectivity index is 1.92. The molecule has 3 rings (SSSR count). The molecule has 7 nitrogen and oxygen atoms in total. The van der Waals surface area contributed by atoms with Crippen LogP contribution in [-0.2, 0) is 22.6 Å². The van der Waals surface area contributed by atoms with E-state index in [1.807, 2.05) is 44.2 Å². The van der Waals surface area contributed by atoms with Gasteiger partial charge in [0.15, 0.2) is 6.61 Å². The molecule has 0 radical (unpaired) electrons. The molecule has 3 aromatic rings. The lowest BCUT2D eigenvalue weighted by Gasteiger charge is -2.31. The predicted octanol–water partition coefficient (Wildman–Crippen LogP) is 4.63. The molecule has 0 spiro atoms. The molecular formula is C30H35FN2O5. The van der Waals surface area contributed by atoms with E-state index in [1.165, 1.54) is 25.2 Å². The highest BCUT2D eigenvalue weighted by molar-refractivity contribution is 5.88. The summed E-state index contributed by atoms with van der Waals surface area (Å²) in [6.07, 6.45) is 0.262. The Morgan fingerprint density at radius 3 is 2.11 bits per heavy atom. The van der Waals surface area contributed by atoms with Crippen molar-refractivity contribution in [3.63, 3.8) is 0 Å². The van der Waals surface area contributed by atoms with Crippen LogP contribution < -0.4 is 19.5 Å². The van der Waals surface area contributed by atoms with Gasteiger partial charge >= 0.3 is 0 Å². The highest BCUT2D eigenvalue weighted by atomic mass is 19.1. The van der Waals surface area contributed by atoms with Crippen LogP contribution in [0.1, 0.15) is 25.0 Å². The third-order valence-electron chi connectivity index (χ3n) is 5.94. The van der Waals surface area contributed by atoms with Gasteiger partial charge < -0.3 is 24.4 Å². The molecule has 1 N–H and O–H groups in total. The topological polar surface area (TPSA) is 77.1 Å². The van der Waals surface area contributed by atoms with Crippen LogP contribution in [0.4, 0.5) is 4.39 Å². The van der Waals surface area contributed by atoms with Gasteiger partial charge in [-0.3, -0.25) is 9.59 Å². The summed E-state index contributed by atoms with van der Waals surface area (Å²) in [6.45, 7) is 3.97. The number of benzene rings is 3. The quantitative estimate of drug-likeness (QED) is 0.354. The zero-order valence-corrected chi connectivity index (χ0v) is 22.3. The summed E-state index contributed by atoms with van der Waals surface area (Å²) >= 11 is 0. The molecule has 0 aliphatic carbocycles. The average molecular weight is 523 g/mol. The van der Waals surface area contributed by atoms with Gasteiger partial charge in [0, 0.05) is 43.3 Å². The maximum absolute atomic E-state index is 14.7. The van der Waals surface area contributed by atoms with E-state index >= 15 is 0 Å². The summed E-state index contributed by atoms with van der Waals surface area (Å²) in [7, 11) is 3.04. The Bertz CT molecular complexity index is 1180. The molecule has 2 amide bonds. The molecule has 0 heterocycles. The van der Waals surface area contributed by atoms with Crippen molar-refractivity contribution < 1.29 is 28.2 Å². The van der Waals surface area contributed by atoms with E-state index in [4.69, 9.17) is 14.2 Å². The molecule has 38 heavy (non-hydrogen) atoms. The first-order chi connectivity index (χ1) is 18.3. The minimum atomic E-state index is -0.883. The van der Waals surface area contributed by atoms with Crippen molar-refractivity contribution >= 4 is 11.8 Å². The van der Waals surface area contributed by atoms with Gasteiger partial charge in [-0.25, -0.2) is 4.39 Å². The number of nitrogens with one attached hydrogen (secondary N) is 1. The van der Waals surface area contributed by atoms with Crippen LogP contribution in [0.2, 0.25) is 0 Å². The third kappa shape index (κ3) is 8.23. The smallest absolute Gasteiger partial charge is 0.261 e. The number of carbonyl (C=O) groups is 2. The maximum atomic E-state index is 14.7. The van der Waals surface area contributed by atoms with E-state index in [9.17, 15) is 14.0 Å². The largest absolute Gasteiger partial charge is 0.496 e. The van der Waals surface area contributed by atoms with Crippen molar-refractivity contribution in [1.82, 2.24) is 10.2 Å². The SMILES string of the molecule is COc1cc(OC)cc(OCC(=O)N(Cc2ccccc2F)C(Cc2ccccc2)C(=O)NCC(C)C)c1. The molecule has 0 saturated heterocycles. The molecule has 0 saturated carbocycles. The van der Waals surface area contributed by atoms with Gasteiger partial charge in [-0.1, -0.05) is 62.4 Å². The minimum Gasteiger partial charge on any atom is -0.496 e. The van der Waals surface area contributed by atoms with Crippen LogP contribution in [0.15, 0.2) is 72.8 Å². The van der Waals surface area contributed by atoms with Crippen molar-refractivity contribution in [1.29, 1.82) is 0 Å². The summed E-state index contributed by atoms with van der Waals surface area (Å²) < 4.78 is 31.0. The number of nitrogens with zero attached hydrogens (tertiary/aromatic N) is 1. The van der Waals surface area contributed by atoms with Gasteiger partial charge in [-0.15, -0.1) is 0 Å². The molecule has 3 aromatic carbocycles. The van der Waals surface area contributed by atoms with Gasteiger partial charge in [0.2, 0.25) is 5.91 Å². The van der Waals surface area contributed by atoms with E-state index < -0.39 is 17.8 Å². The van der Waals surface area contributed by atoms with Gasteiger partial charge in [0.05, 0.1) is 14.2 Å². The first-order valence-electron chi connectivity index (χ1n) is 12.5. The van der Waals surface area contributed by atoms with E-state index in [-0.39, 0.29) is 31.4 Å². The number of methoxy groups -OCH3 is 2. The van der Waals surface area contributed by atoms with Crippen LogP contribution in [0.3, 0.4) is 0 Å². The maximum Gasteiger partial charge on any atom is 0.261 e. The molecule has 0 aliphatic heterocycles. The second-order valence-electron chi connectivity index (χ2n) is 9.29. The first-order valence-corrected chi connectivity index (χ1v) is 12.5. The van der Waals surface area contributed by atoms with Crippen molar-refractivity contribution in [3.8, 4) is 17.2 Å². The van der Waals surface area contributed by atoms with Crippen molar-refractivity contribution in [2.45, 2.75) is 32.9 Å². The summed E-state index contributed by atoms with van der Waals surface area (Å²) in [6, 6.07) is 19.7. The van der Waals surface area contributed by atoms with Gasteiger partial charge in [-0.2, -0.15) is 0 Å². The lowest BCUT2D eigenvalue weighted by molar-refractivity contribution is -0.142. The Morgan fingerprint density at radius 2 is 1.50 bits per heavy atom. The van der Waals surface area contributed by atoms with Crippen LogP contribution >= 0.6 is 0 Å². The summed E-state index contributed by atoms with van der Waals surface area (Å²) in [4.78, 5) is 28.5. The molecule has 0 aliphatic rings. The molecule has 202 valence electrons. The highest BCUT2D eigenvalue weighted by Gasteiger charge is 2.31. The number of hydrogen-bond acceptors (Lipinski definition) is 5. The van der Waals surface area contributed by atoms with E-state index in [0.29, 0.717) is 29.4 Å². The second kappa shape index (κ2) is 14.0. The van der Waals surface area contributed by atoms with E-state index in [2.05, 4.69) is 5.32 Å². The Labute approximate surface area is 223 Å². The molecule has 1 atom stereocenters. The second-order valence-corrected chi connectivity index (χ2v) is 9.29. The first kappa shape index (κ1) is 28.5. The standard InChI is InChI=1S/C30H35FN2O5/c1-21(2)18-32-30(35)28(14-22-10-6-5-7-11-22)33(19-23-12-8-9-13-27(23)31)29(34)20-38-26-16-24(36-3)15-25(17-26)37-4/h5-13,15-17,21,28H,14,18-20H2,1-4H3,(H,32,35). The predicted molar refractivity (Wildman–Crippen MR) is 144 cm³/mol. The number of halogens is 1. The van der Waals surface area contributed by atoms with Gasteiger partial charge in [0.25, 0.3) is 5.91 Å². The molecule has 0 bridgehead atoms. The Hall–Kier alpha value is -4.07. The fourth-order valence-electron chi connectivity index (χ4n) is 3.88. The van der Waals surface area contributed by atoms with Crippen LogP contribution in [0.5, 0.6) is 17.2 Å². The fourth-order valence-corrected chi connectivity index (χ4v) is 3.88. The fraction of sp³-hybridized carbons (Fsp3) is 0.333. The normalized spacial score (nSPS) is 11.5. The summed E-state index contributed by atoms with van der Waals surface area (Å²) in [5.41, 5.74) is 1.18. The van der Waals surface area contributed by atoms with Gasteiger partial charge in [0.1, 0.15) is 29.1 Å².